The zero-order valence-corrected chi connectivity index (χ0v) is 13.5. The molecule has 0 aliphatic carbocycles. The number of benzene rings is 2. The van der Waals surface area contributed by atoms with Gasteiger partial charge in [0.1, 0.15) is 5.75 Å². The van der Waals surface area contributed by atoms with Crippen molar-refractivity contribution >= 4 is 10.8 Å². The van der Waals surface area contributed by atoms with Crippen molar-refractivity contribution in [2.24, 2.45) is 5.73 Å². The number of ether oxygens (including phenoxy) is 1. The maximum atomic E-state index is 12.5. The minimum absolute atomic E-state index is 0.434. The van der Waals surface area contributed by atoms with E-state index in [1.165, 1.54) is 5.56 Å². The first-order chi connectivity index (χ1) is 10.0. The van der Waals surface area contributed by atoms with Crippen LogP contribution in [0.5, 0.6) is 5.75 Å². The van der Waals surface area contributed by atoms with Crippen LogP contribution in [0.4, 0.5) is 0 Å². The summed E-state index contributed by atoms with van der Waals surface area (Å²) in [5.74, 6) is 1.23. The van der Waals surface area contributed by atoms with Crippen molar-refractivity contribution in [2.45, 2.75) is 31.0 Å². The first-order valence-corrected chi connectivity index (χ1v) is 8.18. The fourth-order valence-corrected chi connectivity index (χ4v) is 3.31. The van der Waals surface area contributed by atoms with Crippen LogP contribution in [-0.4, -0.2) is 11.3 Å². The lowest BCUT2D eigenvalue weighted by atomic mass is 10.1. The van der Waals surface area contributed by atoms with Crippen molar-refractivity contribution in [1.82, 2.24) is 0 Å². The molecule has 0 amide bonds. The molecule has 0 heterocycles. The van der Waals surface area contributed by atoms with Gasteiger partial charge in [-0.2, -0.15) is 0 Å². The van der Waals surface area contributed by atoms with E-state index in [4.69, 9.17) is 10.5 Å². The van der Waals surface area contributed by atoms with E-state index >= 15 is 0 Å². The quantitative estimate of drug-likeness (QED) is 0.923. The molecule has 0 fully saturated rings. The maximum absolute atomic E-state index is 12.5. The molecule has 2 aromatic rings. The van der Waals surface area contributed by atoms with Crippen molar-refractivity contribution in [2.75, 3.05) is 7.11 Å². The van der Waals surface area contributed by atoms with E-state index in [-0.39, 0.29) is 0 Å². The molecular weight excluding hydrogens is 282 g/mol. The van der Waals surface area contributed by atoms with Crippen LogP contribution in [0.3, 0.4) is 0 Å². The average molecular weight is 303 g/mol. The van der Waals surface area contributed by atoms with E-state index in [2.05, 4.69) is 6.92 Å². The van der Waals surface area contributed by atoms with Gasteiger partial charge in [-0.3, -0.25) is 4.21 Å². The van der Waals surface area contributed by atoms with Crippen molar-refractivity contribution in [1.29, 1.82) is 0 Å². The van der Waals surface area contributed by atoms with Crippen molar-refractivity contribution in [3.05, 3.63) is 58.7 Å². The van der Waals surface area contributed by atoms with Gasteiger partial charge in [0.15, 0.2) is 0 Å². The molecule has 21 heavy (non-hydrogen) atoms. The highest BCUT2D eigenvalue weighted by Crippen LogP contribution is 2.22. The number of nitrogens with two attached hydrogens (primary N) is 1. The summed E-state index contributed by atoms with van der Waals surface area (Å²) in [4.78, 5) is 0.861. The zero-order valence-electron chi connectivity index (χ0n) is 12.7. The Balaban J connectivity index is 2.21. The Hall–Kier alpha value is -1.65. The molecule has 3 nitrogen and oxygen atoms in total. The van der Waals surface area contributed by atoms with E-state index in [1.54, 1.807) is 7.11 Å². The molecule has 1 unspecified atom stereocenters. The van der Waals surface area contributed by atoms with Crippen LogP contribution in [0.15, 0.2) is 41.3 Å². The van der Waals surface area contributed by atoms with Gasteiger partial charge in [-0.05, 0) is 48.7 Å². The highest BCUT2D eigenvalue weighted by Gasteiger charge is 2.09. The molecule has 112 valence electrons. The number of aryl methyl sites for hydroxylation is 2. The molecule has 0 aliphatic rings. The van der Waals surface area contributed by atoms with Gasteiger partial charge in [-0.1, -0.05) is 18.2 Å². The summed E-state index contributed by atoms with van der Waals surface area (Å²) in [6.07, 6.45) is 0. The van der Waals surface area contributed by atoms with Crippen molar-refractivity contribution in [3.63, 3.8) is 0 Å². The van der Waals surface area contributed by atoms with Crippen molar-refractivity contribution in [3.8, 4) is 5.75 Å². The van der Waals surface area contributed by atoms with E-state index in [1.807, 2.05) is 43.3 Å². The Bertz CT molecular complexity index is 668. The van der Waals surface area contributed by atoms with Crippen LogP contribution in [0.2, 0.25) is 0 Å². The normalized spacial score (nSPS) is 12.2. The summed E-state index contributed by atoms with van der Waals surface area (Å²) >= 11 is 0. The van der Waals surface area contributed by atoms with Crippen LogP contribution in [0, 0.1) is 13.8 Å². The molecule has 0 aromatic heterocycles. The summed E-state index contributed by atoms with van der Waals surface area (Å²) in [5.41, 5.74) is 9.98. The Morgan fingerprint density at radius 1 is 1.10 bits per heavy atom. The summed E-state index contributed by atoms with van der Waals surface area (Å²) < 4.78 is 17.8. The molecule has 2 aromatic carbocycles. The Morgan fingerprint density at radius 3 is 2.48 bits per heavy atom. The van der Waals surface area contributed by atoms with Gasteiger partial charge in [0.05, 0.1) is 23.7 Å². The van der Waals surface area contributed by atoms with Gasteiger partial charge < -0.3 is 10.5 Å². The third-order valence-corrected chi connectivity index (χ3v) is 4.99. The predicted molar refractivity (Wildman–Crippen MR) is 86.9 cm³/mol. The summed E-state index contributed by atoms with van der Waals surface area (Å²) in [5, 5.41) is 0. The lowest BCUT2D eigenvalue weighted by molar-refractivity contribution is 0.409. The molecule has 0 aliphatic heterocycles. The fourth-order valence-electron chi connectivity index (χ4n) is 2.14. The lowest BCUT2D eigenvalue weighted by Crippen LogP contribution is -2.02. The predicted octanol–water partition coefficient (Wildman–Crippen LogP) is 3.08. The minimum Gasteiger partial charge on any atom is -0.496 e. The van der Waals surface area contributed by atoms with Crippen LogP contribution in [0.25, 0.3) is 0 Å². The second-order valence-corrected chi connectivity index (χ2v) is 6.54. The summed E-state index contributed by atoms with van der Waals surface area (Å²) in [6.45, 7) is 4.53. The van der Waals surface area contributed by atoms with E-state index in [0.717, 1.165) is 27.3 Å². The van der Waals surface area contributed by atoms with Gasteiger partial charge in [0.25, 0.3) is 0 Å². The lowest BCUT2D eigenvalue weighted by Gasteiger charge is -2.10. The van der Waals surface area contributed by atoms with Gasteiger partial charge >= 0.3 is 0 Å². The van der Waals surface area contributed by atoms with Crippen LogP contribution in [0.1, 0.15) is 22.3 Å². The minimum atomic E-state index is -1.06. The second-order valence-electron chi connectivity index (χ2n) is 5.09. The second kappa shape index (κ2) is 6.87. The van der Waals surface area contributed by atoms with Gasteiger partial charge in [0.2, 0.25) is 0 Å². The highest BCUT2D eigenvalue weighted by molar-refractivity contribution is 7.84. The topological polar surface area (TPSA) is 52.3 Å². The van der Waals surface area contributed by atoms with Crippen LogP contribution < -0.4 is 10.5 Å². The molecule has 2 N–H and O–H groups in total. The molecular formula is C17H21NO2S. The molecule has 0 saturated heterocycles. The Labute approximate surface area is 128 Å². The SMILES string of the molecule is COc1cc(CS(=O)c2ccc(C)c(C)c2)ccc1CN. The number of rotatable bonds is 5. The monoisotopic (exact) mass is 303 g/mol. The van der Waals surface area contributed by atoms with Gasteiger partial charge in [0, 0.05) is 17.0 Å². The smallest absolute Gasteiger partial charge is 0.123 e. The van der Waals surface area contributed by atoms with Crippen LogP contribution in [-0.2, 0) is 23.1 Å². The molecule has 0 saturated carbocycles. The molecule has 0 spiro atoms. The largest absolute Gasteiger partial charge is 0.496 e. The standard InChI is InChI=1S/C17H21NO2S/c1-12-4-7-16(8-13(12)2)21(19)11-14-5-6-15(10-18)17(9-14)20-3/h4-9H,10-11,18H2,1-3H3. The van der Waals surface area contributed by atoms with E-state index in [9.17, 15) is 4.21 Å². The summed E-state index contributed by atoms with van der Waals surface area (Å²) in [6, 6.07) is 11.8. The zero-order chi connectivity index (χ0) is 15.4. The fraction of sp³-hybridized carbons (Fsp3) is 0.294. The molecule has 4 heteroatoms. The molecule has 0 bridgehead atoms. The maximum Gasteiger partial charge on any atom is 0.123 e. The van der Waals surface area contributed by atoms with Gasteiger partial charge in [-0.15, -0.1) is 0 Å². The first kappa shape index (κ1) is 15.7. The van der Waals surface area contributed by atoms with Crippen molar-refractivity contribution < 1.29 is 8.95 Å². The molecule has 0 radical (unpaired) electrons. The third-order valence-electron chi connectivity index (χ3n) is 3.61. The van der Waals surface area contributed by atoms with Gasteiger partial charge in [-0.25, -0.2) is 0 Å². The van der Waals surface area contributed by atoms with Crippen LogP contribution >= 0.6 is 0 Å². The number of hydrogen-bond acceptors (Lipinski definition) is 3. The highest BCUT2D eigenvalue weighted by atomic mass is 32.2. The number of methoxy groups -OCH3 is 1. The molecule has 2 rings (SSSR count). The number of hydrogen-bond donors (Lipinski definition) is 1. The molecule has 1 atom stereocenters. The average Bonchev–Trinajstić information content (AvgIpc) is 2.49. The summed E-state index contributed by atoms with van der Waals surface area (Å²) in [7, 11) is 0.565. The third kappa shape index (κ3) is 3.71. The Kier molecular flexibility index (Phi) is 5.15. The van der Waals surface area contributed by atoms with E-state index in [0.29, 0.717) is 12.3 Å². The van der Waals surface area contributed by atoms with E-state index < -0.39 is 10.8 Å². The Morgan fingerprint density at radius 2 is 1.86 bits per heavy atom. The first-order valence-electron chi connectivity index (χ1n) is 6.86.